The minimum Gasteiger partial charge on any atom is -0.326 e. The van der Waals surface area contributed by atoms with Crippen LogP contribution in [0, 0.1) is 5.92 Å². The third-order valence-corrected chi connectivity index (χ3v) is 3.14. The van der Waals surface area contributed by atoms with Gasteiger partial charge in [-0.2, -0.15) is 0 Å². The fourth-order valence-corrected chi connectivity index (χ4v) is 2.05. The summed E-state index contributed by atoms with van der Waals surface area (Å²) in [5, 5.41) is 5.59. The number of pyridine rings is 1. The lowest BCUT2D eigenvalue weighted by molar-refractivity contribution is -0.117. The molecular formula is C19H21N3O2. The first kappa shape index (κ1) is 17.4. The average molecular weight is 323 g/mol. The van der Waals surface area contributed by atoms with Crippen LogP contribution in [-0.2, 0) is 9.59 Å². The fourth-order valence-electron chi connectivity index (χ4n) is 2.05. The monoisotopic (exact) mass is 323 g/mol. The van der Waals surface area contributed by atoms with E-state index in [2.05, 4.69) is 15.6 Å². The van der Waals surface area contributed by atoms with Gasteiger partial charge in [-0.25, -0.2) is 0 Å². The molecule has 0 saturated heterocycles. The van der Waals surface area contributed by atoms with E-state index < -0.39 is 0 Å². The van der Waals surface area contributed by atoms with Gasteiger partial charge in [0.1, 0.15) is 0 Å². The van der Waals surface area contributed by atoms with Crippen molar-refractivity contribution < 1.29 is 9.59 Å². The van der Waals surface area contributed by atoms with E-state index in [1.165, 1.54) is 6.08 Å². The minimum absolute atomic E-state index is 0.0128. The van der Waals surface area contributed by atoms with Gasteiger partial charge in [0, 0.05) is 36.3 Å². The fraction of sp³-hybridized carbons (Fsp3) is 0.211. The van der Waals surface area contributed by atoms with Crippen LogP contribution >= 0.6 is 0 Å². The summed E-state index contributed by atoms with van der Waals surface area (Å²) in [6, 6.07) is 10.7. The van der Waals surface area contributed by atoms with Crippen LogP contribution in [0.15, 0.2) is 54.9 Å². The molecule has 0 saturated carbocycles. The van der Waals surface area contributed by atoms with Gasteiger partial charge in [-0.1, -0.05) is 19.9 Å². The van der Waals surface area contributed by atoms with Crippen molar-refractivity contribution in [3.63, 3.8) is 0 Å². The SMILES string of the molecule is CC(C)CC(=O)Nc1ccc(NC(=O)/C=C/c2cccnc2)cc1. The quantitative estimate of drug-likeness (QED) is 0.796. The molecule has 0 aliphatic heterocycles. The molecule has 5 heteroatoms. The third-order valence-electron chi connectivity index (χ3n) is 3.14. The third kappa shape index (κ3) is 6.04. The number of anilines is 2. The Balaban J connectivity index is 1.88. The molecule has 5 nitrogen and oxygen atoms in total. The summed E-state index contributed by atoms with van der Waals surface area (Å²) in [4.78, 5) is 27.6. The summed E-state index contributed by atoms with van der Waals surface area (Å²) in [6.45, 7) is 3.99. The van der Waals surface area contributed by atoms with Crippen LogP contribution in [0.25, 0.3) is 6.08 Å². The van der Waals surface area contributed by atoms with Gasteiger partial charge in [-0.15, -0.1) is 0 Å². The van der Waals surface area contributed by atoms with Crippen LogP contribution < -0.4 is 10.6 Å². The molecule has 0 unspecified atom stereocenters. The number of aromatic nitrogens is 1. The second kappa shape index (κ2) is 8.62. The summed E-state index contributed by atoms with van der Waals surface area (Å²) in [7, 11) is 0. The zero-order valence-corrected chi connectivity index (χ0v) is 13.8. The number of rotatable bonds is 6. The Hall–Kier alpha value is -2.95. The Kier molecular flexibility index (Phi) is 6.25. The van der Waals surface area contributed by atoms with Crippen LogP contribution in [-0.4, -0.2) is 16.8 Å². The van der Waals surface area contributed by atoms with Gasteiger partial charge < -0.3 is 10.6 Å². The number of benzene rings is 1. The minimum atomic E-state index is -0.226. The van der Waals surface area contributed by atoms with Gasteiger partial charge in [-0.3, -0.25) is 14.6 Å². The first-order valence-electron chi connectivity index (χ1n) is 7.82. The molecule has 0 fully saturated rings. The second-order valence-electron chi connectivity index (χ2n) is 5.83. The predicted octanol–water partition coefficient (Wildman–Crippen LogP) is 3.72. The van der Waals surface area contributed by atoms with Crippen molar-refractivity contribution in [2.75, 3.05) is 10.6 Å². The van der Waals surface area contributed by atoms with Crippen molar-refractivity contribution in [1.29, 1.82) is 0 Å². The molecule has 1 heterocycles. The number of hydrogen-bond acceptors (Lipinski definition) is 3. The van der Waals surface area contributed by atoms with E-state index in [9.17, 15) is 9.59 Å². The molecule has 0 radical (unpaired) electrons. The van der Waals surface area contributed by atoms with Crippen LogP contribution in [0.3, 0.4) is 0 Å². The Morgan fingerprint density at radius 1 is 1.08 bits per heavy atom. The van der Waals surface area contributed by atoms with Crippen molar-refractivity contribution in [3.8, 4) is 0 Å². The van der Waals surface area contributed by atoms with Gasteiger partial charge in [0.2, 0.25) is 11.8 Å². The number of carbonyl (C=O) groups is 2. The van der Waals surface area contributed by atoms with Crippen LogP contribution in [0.4, 0.5) is 11.4 Å². The van der Waals surface area contributed by atoms with Crippen molar-refractivity contribution in [2.45, 2.75) is 20.3 Å². The number of nitrogens with zero attached hydrogens (tertiary/aromatic N) is 1. The number of nitrogens with one attached hydrogen (secondary N) is 2. The molecule has 0 aliphatic rings. The van der Waals surface area contributed by atoms with E-state index in [0.29, 0.717) is 23.7 Å². The zero-order chi connectivity index (χ0) is 17.4. The van der Waals surface area contributed by atoms with E-state index in [4.69, 9.17) is 0 Å². The molecule has 2 amide bonds. The lowest BCUT2D eigenvalue weighted by Crippen LogP contribution is -2.14. The highest BCUT2D eigenvalue weighted by atomic mass is 16.2. The maximum Gasteiger partial charge on any atom is 0.248 e. The van der Waals surface area contributed by atoms with Crippen molar-refractivity contribution in [2.24, 2.45) is 5.92 Å². The number of hydrogen-bond donors (Lipinski definition) is 2. The molecule has 0 bridgehead atoms. The van der Waals surface area contributed by atoms with E-state index in [1.54, 1.807) is 42.7 Å². The lowest BCUT2D eigenvalue weighted by atomic mass is 10.1. The Morgan fingerprint density at radius 3 is 2.33 bits per heavy atom. The molecule has 1 aromatic heterocycles. The highest BCUT2D eigenvalue weighted by Gasteiger charge is 2.05. The van der Waals surface area contributed by atoms with Gasteiger partial charge in [0.05, 0.1) is 0 Å². The second-order valence-corrected chi connectivity index (χ2v) is 5.83. The normalized spacial score (nSPS) is 10.8. The number of amides is 2. The molecule has 124 valence electrons. The molecule has 0 atom stereocenters. The maximum absolute atomic E-state index is 11.9. The van der Waals surface area contributed by atoms with E-state index in [0.717, 1.165) is 5.56 Å². The smallest absolute Gasteiger partial charge is 0.248 e. The van der Waals surface area contributed by atoms with Gasteiger partial charge in [0.25, 0.3) is 0 Å². The molecular weight excluding hydrogens is 302 g/mol. The molecule has 2 N–H and O–H groups in total. The molecule has 2 aromatic rings. The largest absolute Gasteiger partial charge is 0.326 e. The zero-order valence-electron chi connectivity index (χ0n) is 13.8. The van der Waals surface area contributed by atoms with Crippen molar-refractivity contribution in [1.82, 2.24) is 4.98 Å². The lowest BCUT2D eigenvalue weighted by Gasteiger charge is -2.08. The van der Waals surface area contributed by atoms with Crippen LogP contribution in [0.2, 0.25) is 0 Å². The maximum atomic E-state index is 11.9. The first-order chi connectivity index (χ1) is 11.5. The Morgan fingerprint density at radius 2 is 1.75 bits per heavy atom. The van der Waals surface area contributed by atoms with Gasteiger partial charge in [-0.05, 0) is 47.9 Å². The summed E-state index contributed by atoms with van der Waals surface area (Å²) < 4.78 is 0. The predicted molar refractivity (Wildman–Crippen MR) is 96.4 cm³/mol. The highest BCUT2D eigenvalue weighted by molar-refractivity contribution is 6.02. The average Bonchev–Trinajstić information content (AvgIpc) is 2.55. The standard InChI is InChI=1S/C19H21N3O2/c1-14(2)12-19(24)22-17-8-6-16(7-9-17)21-18(23)10-5-15-4-3-11-20-13-15/h3-11,13-14H,12H2,1-2H3,(H,21,23)(H,22,24)/b10-5+. The van der Waals surface area contributed by atoms with Crippen LogP contribution in [0.5, 0.6) is 0 Å². The van der Waals surface area contributed by atoms with E-state index in [-0.39, 0.29) is 11.8 Å². The topological polar surface area (TPSA) is 71.1 Å². The molecule has 24 heavy (non-hydrogen) atoms. The summed E-state index contributed by atoms with van der Waals surface area (Å²) in [5.41, 5.74) is 2.23. The van der Waals surface area contributed by atoms with E-state index >= 15 is 0 Å². The molecule has 1 aromatic carbocycles. The van der Waals surface area contributed by atoms with Crippen molar-refractivity contribution in [3.05, 3.63) is 60.4 Å². The van der Waals surface area contributed by atoms with Gasteiger partial charge in [0.15, 0.2) is 0 Å². The molecule has 2 rings (SSSR count). The summed E-state index contributed by atoms with van der Waals surface area (Å²) in [5.74, 6) is 0.0757. The Labute approximate surface area is 141 Å². The van der Waals surface area contributed by atoms with Gasteiger partial charge >= 0.3 is 0 Å². The first-order valence-corrected chi connectivity index (χ1v) is 7.82. The molecule has 0 aliphatic carbocycles. The summed E-state index contributed by atoms with van der Waals surface area (Å²) in [6.07, 6.45) is 6.99. The molecule has 0 spiro atoms. The van der Waals surface area contributed by atoms with Crippen LogP contribution in [0.1, 0.15) is 25.8 Å². The summed E-state index contributed by atoms with van der Waals surface area (Å²) >= 11 is 0. The highest BCUT2D eigenvalue weighted by Crippen LogP contribution is 2.14. The number of carbonyl (C=O) groups excluding carboxylic acids is 2. The van der Waals surface area contributed by atoms with Crippen molar-refractivity contribution >= 4 is 29.3 Å². The van der Waals surface area contributed by atoms with E-state index in [1.807, 2.05) is 26.0 Å². The Bertz CT molecular complexity index is 707.